The molecule has 0 fully saturated rings. The van der Waals surface area contributed by atoms with Crippen LogP contribution >= 0.6 is 0 Å². The van der Waals surface area contributed by atoms with Crippen molar-refractivity contribution in [3.8, 4) is 0 Å². The molecule has 12 heavy (non-hydrogen) atoms. The second-order valence-corrected chi connectivity index (χ2v) is 1.98. The van der Waals surface area contributed by atoms with Crippen molar-refractivity contribution in [1.29, 1.82) is 0 Å². The normalized spacial score (nSPS) is 14.0. The lowest BCUT2D eigenvalue weighted by molar-refractivity contribution is -0.156. The molecule has 1 atom stereocenters. The van der Waals surface area contributed by atoms with Crippen LogP contribution in [0.25, 0.3) is 0 Å². The standard InChI is InChI=1S/C5H6F4O3/c6-2-3(12-4(10)11)1-5(7,8)9/h3H,1-2H2,(H,10,11). The quantitative estimate of drug-likeness (QED) is 0.546. The first-order valence-corrected chi connectivity index (χ1v) is 2.87. The van der Waals surface area contributed by atoms with Crippen molar-refractivity contribution >= 4 is 6.16 Å². The Bertz CT molecular complexity index is 155. The van der Waals surface area contributed by atoms with Gasteiger partial charge >= 0.3 is 12.3 Å². The Labute approximate surface area is 64.9 Å². The van der Waals surface area contributed by atoms with Crippen molar-refractivity contribution in [3.63, 3.8) is 0 Å². The van der Waals surface area contributed by atoms with Crippen LogP contribution in [0.5, 0.6) is 0 Å². The molecule has 0 saturated carbocycles. The number of rotatable bonds is 3. The highest BCUT2D eigenvalue weighted by molar-refractivity contribution is 5.57. The zero-order chi connectivity index (χ0) is 9.78. The van der Waals surface area contributed by atoms with Crippen molar-refractivity contribution in [2.75, 3.05) is 6.67 Å². The first-order chi connectivity index (χ1) is 5.35. The molecule has 1 unspecified atom stereocenters. The molecule has 0 spiro atoms. The van der Waals surface area contributed by atoms with Gasteiger partial charge in [0.05, 0.1) is 6.42 Å². The maximum Gasteiger partial charge on any atom is 0.506 e. The van der Waals surface area contributed by atoms with Gasteiger partial charge in [-0.2, -0.15) is 13.2 Å². The van der Waals surface area contributed by atoms with Gasteiger partial charge in [-0.1, -0.05) is 0 Å². The predicted molar refractivity (Wildman–Crippen MR) is 29.5 cm³/mol. The smallest absolute Gasteiger partial charge is 0.450 e. The fourth-order valence-corrected chi connectivity index (χ4v) is 0.528. The Morgan fingerprint density at radius 2 is 2.00 bits per heavy atom. The van der Waals surface area contributed by atoms with Gasteiger partial charge in [-0.15, -0.1) is 0 Å². The van der Waals surface area contributed by atoms with Crippen LogP contribution in [0.3, 0.4) is 0 Å². The monoisotopic (exact) mass is 190 g/mol. The Morgan fingerprint density at radius 1 is 1.50 bits per heavy atom. The minimum absolute atomic E-state index is 1.48. The Hall–Kier alpha value is -1.01. The summed E-state index contributed by atoms with van der Waals surface area (Å²) in [5, 5.41) is 7.86. The molecule has 0 aliphatic carbocycles. The van der Waals surface area contributed by atoms with E-state index in [1.54, 1.807) is 0 Å². The Morgan fingerprint density at radius 3 is 2.25 bits per heavy atom. The van der Waals surface area contributed by atoms with Gasteiger partial charge in [0, 0.05) is 0 Å². The van der Waals surface area contributed by atoms with Crippen LogP contribution < -0.4 is 0 Å². The van der Waals surface area contributed by atoms with E-state index in [4.69, 9.17) is 5.11 Å². The van der Waals surface area contributed by atoms with E-state index in [1.165, 1.54) is 0 Å². The summed E-state index contributed by atoms with van der Waals surface area (Å²) in [4.78, 5) is 9.70. The predicted octanol–water partition coefficient (Wildman–Crippen LogP) is 1.97. The summed E-state index contributed by atoms with van der Waals surface area (Å²) in [6.07, 6.45) is -10.1. The summed E-state index contributed by atoms with van der Waals surface area (Å²) in [5.41, 5.74) is 0. The molecule has 0 aliphatic heterocycles. The molecule has 0 heterocycles. The molecule has 0 aliphatic rings. The molecular weight excluding hydrogens is 184 g/mol. The number of hydrogen-bond acceptors (Lipinski definition) is 2. The number of halogens is 4. The summed E-state index contributed by atoms with van der Waals surface area (Å²) in [6.45, 7) is -1.48. The molecule has 1 N–H and O–H groups in total. The molecule has 0 rings (SSSR count). The fraction of sp³-hybridized carbons (Fsp3) is 0.800. The third-order valence-electron chi connectivity index (χ3n) is 0.899. The van der Waals surface area contributed by atoms with E-state index < -0.39 is 31.5 Å². The van der Waals surface area contributed by atoms with Gasteiger partial charge in [0.1, 0.15) is 12.8 Å². The van der Waals surface area contributed by atoms with Gasteiger partial charge in [-0.25, -0.2) is 9.18 Å². The van der Waals surface area contributed by atoms with Crippen LogP contribution in [0.1, 0.15) is 6.42 Å². The summed E-state index contributed by atoms with van der Waals surface area (Å²) < 4.78 is 49.8. The minimum Gasteiger partial charge on any atom is -0.450 e. The summed E-state index contributed by atoms with van der Waals surface area (Å²) in [6, 6.07) is 0. The maximum atomic E-state index is 11.7. The van der Waals surface area contributed by atoms with E-state index >= 15 is 0 Å². The first-order valence-electron chi connectivity index (χ1n) is 2.87. The molecule has 0 radical (unpaired) electrons. The third kappa shape index (κ3) is 5.75. The van der Waals surface area contributed by atoms with Gasteiger partial charge in [0.2, 0.25) is 0 Å². The van der Waals surface area contributed by atoms with Crippen LogP contribution in [0.2, 0.25) is 0 Å². The van der Waals surface area contributed by atoms with E-state index in [9.17, 15) is 22.4 Å². The van der Waals surface area contributed by atoms with Gasteiger partial charge in [-0.3, -0.25) is 0 Å². The number of hydrogen-bond donors (Lipinski definition) is 1. The Kier molecular flexibility index (Phi) is 3.78. The zero-order valence-electron chi connectivity index (χ0n) is 5.77. The highest BCUT2D eigenvalue weighted by Gasteiger charge is 2.33. The molecule has 0 aromatic heterocycles. The minimum atomic E-state index is -4.62. The lowest BCUT2D eigenvalue weighted by Gasteiger charge is -2.13. The second-order valence-electron chi connectivity index (χ2n) is 1.98. The highest BCUT2D eigenvalue weighted by atomic mass is 19.4. The molecule has 0 aromatic rings. The summed E-state index contributed by atoms with van der Waals surface area (Å²) in [5.74, 6) is 0. The van der Waals surface area contributed by atoms with Gasteiger partial charge in [0.25, 0.3) is 0 Å². The molecule has 7 heteroatoms. The van der Waals surface area contributed by atoms with Crippen LogP contribution in [-0.4, -0.2) is 30.2 Å². The molecular formula is C5H6F4O3. The number of carbonyl (C=O) groups is 1. The van der Waals surface area contributed by atoms with Crippen molar-refractivity contribution in [1.82, 2.24) is 0 Å². The van der Waals surface area contributed by atoms with Crippen LogP contribution in [0.15, 0.2) is 0 Å². The number of alkyl halides is 4. The van der Waals surface area contributed by atoms with Gasteiger partial charge in [0.15, 0.2) is 0 Å². The van der Waals surface area contributed by atoms with Crippen molar-refractivity contribution in [2.45, 2.75) is 18.7 Å². The highest BCUT2D eigenvalue weighted by Crippen LogP contribution is 2.23. The van der Waals surface area contributed by atoms with Crippen molar-refractivity contribution in [3.05, 3.63) is 0 Å². The summed E-state index contributed by atoms with van der Waals surface area (Å²) >= 11 is 0. The first kappa shape index (κ1) is 11.0. The third-order valence-corrected chi connectivity index (χ3v) is 0.899. The largest absolute Gasteiger partial charge is 0.506 e. The molecule has 0 saturated heterocycles. The van der Waals surface area contributed by atoms with E-state index in [0.29, 0.717) is 0 Å². The van der Waals surface area contributed by atoms with E-state index in [2.05, 4.69) is 4.74 Å². The molecule has 0 amide bonds. The van der Waals surface area contributed by atoms with E-state index in [-0.39, 0.29) is 0 Å². The molecule has 0 aromatic carbocycles. The average molecular weight is 190 g/mol. The van der Waals surface area contributed by atoms with E-state index in [0.717, 1.165) is 0 Å². The van der Waals surface area contributed by atoms with Gasteiger partial charge < -0.3 is 9.84 Å². The number of carboxylic acid groups (broad SMARTS) is 1. The second kappa shape index (κ2) is 4.13. The lowest BCUT2D eigenvalue weighted by atomic mass is 10.3. The Balaban J connectivity index is 3.92. The van der Waals surface area contributed by atoms with Gasteiger partial charge in [-0.05, 0) is 0 Å². The van der Waals surface area contributed by atoms with Crippen LogP contribution in [-0.2, 0) is 4.74 Å². The number of ether oxygens (including phenoxy) is 1. The van der Waals surface area contributed by atoms with Crippen molar-refractivity contribution < 1.29 is 32.2 Å². The molecule has 3 nitrogen and oxygen atoms in total. The fourth-order valence-electron chi connectivity index (χ4n) is 0.528. The van der Waals surface area contributed by atoms with Crippen LogP contribution in [0.4, 0.5) is 22.4 Å². The molecule has 0 bridgehead atoms. The lowest BCUT2D eigenvalue weighted by Crippen LogP contribution is -2.26. The SMILES string of the molecule is O=C(O)OC(CF)CC(F)(F)F. The zero-order valence-corrected chi connectivity index (χ0v) is 5.77. The maximum absolute atomic E-state index is 11.7. The average Bonchev–Trinajstić information content (AvgIpc) is 1.82. The van der Waals surface area contributed by atoms with Crippen molar-refractivity contribution in [2.24, 2.45) is 0 Å². The van der Waals surface area contributed by atoms with E-state index in [1.807, 2.05) is 0 Å². The summed E-state index contributed by atoms with van der Waals surface area (Å²) in [7, 11) is 0. The topological polar surface area (TPSA) is 46.5 Å². The van der Waals surface area contributed by atoms with Crippen LogP contribution in [0, 0.1) is 0 Å². The molecule has 72 valence electrons.